The van der Waals surface area contributed by atoms with Gasteiger partial charge in [0.05, 0.1) is 0 Å². The molecule has 2 aliphatic rings. The van der Waals surface area contributed by atoms with Gasteiger partial charge in [0.1, 0.15) is 11.6 Å². The van der Waals surface area contributed by atoms with E-state index in [-0.39, 0.29) is 5.54 Å². The van der Waals surface area contributed by atoms with E-state index in [1.54, 1.807) is 6.07 Å². The number of hydrogen-bond acceptors (Lipinski definition) is 2. The number of nitrogens with one attached hydrogen (secondary N) is 1. The van der Waals surface area contributed by atoms with Crippen LogP contribution in [0.4, 0.5) is 8.78 Å². The number of piperazine rings is 1. The average Bonchev–Trinajstić information content (AvgIpc) is 3.17. The molecule has 1 atom stereocenters. The smallest absolute Gasteiger partial charge is 0.130 e. The molecule has 0 amide bonds. The van der Waals surface area contributed by atoms with Crippen LogP contribution in [0.25, 0.3) is 0 Å². The summed E-state index contributed by atoms with van der Waals surface area (Å²) in [4.78, 5) is 2.27. The van der Waals surface area contributed by atoms with E-state index < -0.39 is 11.6 Å². The molecule has 0 bridgehead atoms. The molecular formula is C15H20F2N2. The Morgan fingerprint density at radius 1 is 1.37 bits per heavy atom. The molecule has 0 radical (unpaired) electrons. The standard InChI is InChI=1S/C15H20F2N2/c1-15(12-3-4-12)10-19(7-6-18-15)9-11-2-5-13(16)8-14(11)17/h2,5,8,12,18H,3-4,6-7,9-10H2,1H3. The van der Waals surface area contributed by atoms with Crippen LogP contribution >= 0.6 is 0 Å². The van der Waals surface area contributed by atoms with Gasteiger partial charge in [0.25, 0.3) is 0 Å². The summed E-state index contributed by atoms with van der Waals surface area (Å²) in [5.41, 5.74) is 0.746. The molecule has 1 N–H and O–H groups in total. The summed E-state index contributed by atoms with van der Waals surface area (Å²) in [6.07, 6.45) is 2.59. The molecule has 1 aromatic rings. The van der Waals surface area contributed by atoms with Crippen molar-refractivity contribution in [1.29, 1.82) is 0 Å². The topological polar surface area (TPSA) is 15.3 Å². The lowest BCUT2D eigenvalue weighted by atomic mass is 9.92. The van der Waals surface area contributed by atoms with Crippen molar-refractivity contribution in [2.24, 2.45) is 5.92 Å². The van der Waals surface area contributed by atoms with E-state index in [1.807, 2.05) is 0 Å². The first-order chi connectivity index (χ1) is 9.07. The second kappa shape index (κ2) is 4.84. The number of nitrogens with zero attached hydrogens (tertiary/aromatic N) is 1. The summed E-state index contributed by atoms with van der Waals surface area (Å²) < 4.78 is 26.6. The highest BCUT2D eigenvalue weighted by atomic mass is 19.1. The third-order valence-corrected chi connectivity index (χ3v) is 4.40. The molecule has 104 valence electrons. The lowest BCUT2D eigenvalue weighted by Gasteiger charge is -2.42. The highest BCUT2D eigenvalue weighted by Gasteiger charge is 2.43. The molecule has 1 heterocycles. The van der Waals surface area contributed by atoms with Gasteiger partial charge < -0.3 is 5.32 Å². The zero-order chi connectivity index (χ0) is 13.5. The van der Waals surface area contributed by atoms with Gasteiger partial charge in [0.2, 0.25) is 0 Å². The van der Waals surface area contributed by atoms with Gasteiger partial charge in [0.15, 0.2) is 0 Å². The molecule has 0 spiro atoms. The van der Waals surface area contributed by atoms with E-state index >= 15 is 0 Å². The maximum absolute atomic E-state index is 13.7. The van der Waals surface area contributed by atoms with Crippen molar-refractivity contribution < 1.29 is 8.78 Å². The van der Waals surface area contributed by atoms with Crippen LogP contribution in [0, 0.1) is 17.6 Å². The number of rotatable bonds is 3. The molecular weight excluding hydrogens is 246 g/mol. The van der Waals surface area contributed by atoms with E-state index in [0.29, 0.717) is 12.1 Å². The molecule has 1 saturated heterocycles. The molecule has 1 unspecified atom stereocenters. The summed E-state index contributed by atoms with van der Waals surface area (Å²) in [6.45, 7) is 5.62. The summed E-state index contributed by atoms with van der Waals surface area (Å²) in [7, 11) is 0. The maximum atomic E-state index is 13.7. The van der Waals surface area contributed by atoms with Gasteiger partial charge in [-0.15, -0.1) is 0 Å². The van der Waals surface area contributed by atoms with Crippen molar-refractivity contribution in [1.82, 2.24) is 10.2 Å². The zero-order valence-electron chi connectivity index (χ0n) is 11.3. The Morgan fingerprint density at radius 2 is 2.16 bits per heavy atom. The van der Waals surface area contributed by atoms with E-state index in [0.717, 1.165) is 31.6 Å². The average molecular weight is 266 g/mol. The lowest BCUT2D eigenvalue weighted by molar-refractivity contribution is 0.120. The van der Waals surface area contributed by atoms with Crippen molar-refractivity contribution in [3.05, 3.63) is 35.4 Å². The van der Waals surface area contributed by atoms with Crippen LogP contribution < -0.4 is 5.32 Å². The Labute approximate surface area is 112 Å². The van der Waals surface area contributed by atoms with E-state index in [1.165, 1.54) is 18.9 Å². The second-order valence-corrected chi connectivity index (χ2v) is 6.06. The van der Waals surface area contributed by atoms with E-state index in [2.05, 4.69) is 17.1 Å². The minimum atomic E-state index is -0.510. The van der Waals surface area contributed by atoms with Gasteiger partial charge in [-0.1, -0.05) is 6.07 Å². The first-order valence-corrected chi connectivity index (χ1v) is 6.98. The summed E-state index contributed by atoms with van der Waals surface area (Å²) in [6, 6.07) is 3.86. The predicted molar refractivity (Wildman–Crippen MR) is 70.8 cm³/mol. The normalized spacial score (nSPS) is 28.6. The van der Waals surface area contributed by atoms with Crippen LogP contribution in [0.5, 0.6) is 0 Å². The van der Waals surface area contributed by atoms with Gasteiger partial charge in [0, 0.05) is 43.3 Å². The van der Waals surface area contributed by atoms with Crippen LogP contribution in [-0.2, 0) is 6.54 Å². The molecule has 3 rings (SSSR count). The summed E-state index contributed by atoms with van der Waals surface area (Å²) in [5, 5.41) is 3.60. The minimum absolute atomic E-state index is 0.161. The first kappa shape index (κ1) is 13.0. The molecule has 0 aromatic heterocycles. The highest BCUT2D eigenvalue weighted by molar-refractivity contribution is 5.19. The maximum Gasteiger partial charge on any atom is 0.130 e. The molecule has 1 aliphatic heterocycles. The van der Waals surface area contributed by atoms with E-state index in [9.17, 15) is 8.78 Å². The summed E-state index contributed by atoms with van der Waals surface area (Å²) in [5.74, 6) is -0.190. The van der Waals surface area contributed by atoms with Crippen LogP contribution in [0.1, 0.15) is 25.3 Å². The van der Waals surface area contributed by atoms with Crippen molar-refractivity contribution >= 4 is 0 Å². The van der Waals surface area contributed by atoms with Crippen molar-refractivity contribution in [2.75, 3.05) is 19.6 Å². The van der Waals surface area contributed by atoms with Crippen molar-refractivity contribution in [3.8, 4) is 0 Å². The predicted octanol–water partition coefficient (Wildman–Crippen LogP) is 2.54. The van der Waals surface area contributed by atoms with Gasteiger partial charge in [-0.05, 0) is 31.7 Å². The Hall–Kier alpha value is -1.00. The number of halogens is 2. The Balaban J connectivity index is 1.69. The molecule has 19 heavy (non-hydrogen) atoms. The summed E-state index contributed by atoms with van der Waals surface area (Å²) >= 11 is 0. The van der Waals surface area contributed by atoms with Crippen LogP contribution in [-0.4, -0.2) is 30.1 Å². The fourth-order valence-corrected chi connectivity index (χ4v) is 3.12. The molecule has 1 saturated carbocycles. The highest BCUT2D eigenvalue weighted by Crippen LogP contribution is 2.40. The van der Waals surface area contributed by atoms with Gasteiger partial charge in [-0.3, -0.25) is 4.90 Å². The van der Waals surface area contributed by atoms with E-state index in [4.69, 9.17) is 0 Å². The lowest BCUT2D eigenvalue weighted by Crippen LogP contribution is -2.59. The zero-order valence-corrected chi connectivity index (χ0v) is 11.3. The Bertz CT molecular complexity index is 473. The van der Waals surface area contributed by atoms with Crippen LogP contribution in [0.2, 0.25) is 0 Å². The Morgan fingerprint density at radius 3 is 2.84 bits per heavy atom. The third kappa shape index (κ3) is 2.79. The first-order valence-electron chi connectivity index (χ1n) is 6.98. The fraction of sp³-hybridized carbons (Fsp3) is 0.600. The fourth-order valence-electron chi connectivity index (χ4n) is 3.12. The van der Waals surface area contributed by atoms with Gasteiger partial charge in [-0.25, -0.2) is 8.78 Å². The van der Waals surface area contributed by atoms with Crippen molar-refractivity contribution in [2.45, 2.75) is 31.8 Å². The van der Waals surface area contributed by atoms with Gasteiger partial charge >= 0.3 is 0 Å². The minimum Gasteiger partial charge on any atom is -0.309 e. The molecule has 1 aromatic carbocycles. The molecule has 4 heteroatoms. The van der Waals surface area contributed by atoms with Crippen LogP contribution in [0.3, 0.4) is 0 Å². The number of hydrogen-bond donors (Lipinski definition) is 1. The third-order valence-electron chi connectivity index (χ3n) is 4.40. The Kier molecular flexibility index (Phi) is 3.31. The quantitative estimate of drug-likeness (QED) is 0.904. The molecule has 2 fully saturated rings. The van der Waals surface area contributed by atoms with Crippen molar-refractivity contribution in [3.63, 3.8) is 0 Å². The monoisotopic (exact) mass is 266 g/mol. The van der Waals surface area contributed by atoms with Crippen LogP contribution in [0.15, 0.2) is 18.2 Å². The largest absolute Gasteiger partial charge is 0.309 e. The SMILES string of the molecule is CC1(C2CC2)CN(Cc2ccc(F)cc2F)CCN1. The molecule has 1 aliphatic carbocycles. The second-order valence-electron chi connectivity index (χ2n) is 6.06. The molecule has 2 nitrogen and oxygen atoms in total. The number of benzene rings is 1. The van der Waals surface area contributed by atoms with Gasteiger partial charge in [-0.2, -0.15) is 0 Å².